The molecule has 0 spiro atoms. The smallest absolute Gasteiger partial charge is 0.393 e. The van der Waals surface area contributed by atoms with E-state index in [4.69, 9.17) is 0 Å². The molecule has 124 valence electrons. The third-order valence-corrected chi connectivity index (χ3v) is 5.52. The molecular weight excluding hydrogens is 319 g/mol. The van der Waals surface area contributed by atoms with Crippen molar-refractivity contribution in [2.75, 3.05) is 18.5 Å². The van der Waals surface area contributed by atoms with Gasteiger partial charge in [-0.2, -0.15) is 13.2 Å². The number of anilines is 1. The minimum atomic E-state index is -5.31. The fourth-order valence-corrected chi connectivity index (χ4v) is 3.46. The Balaban J connectivity index is 2.12. The number of nitrogens with zero attached hydrogens (tertiary/aromatic N) is 1. The average molecular weight is 337 g/mol. The second kappa shape index (κ2) is 6.08. The van der Waals surface area contributed by atoms with Gasteiger partial charge in [0.15, 0.2) is 0 Å². The largest absolute Gasteiger partial charge is 0.501 e. The number of hydrogen-bond donors (Lipinski definition) is 1. The number of aliphatic hydroxyl groups excluding tert-OH is 1. The van der Waals surface area contributed by atoms with Gasteiger partial charge in [-0.15, -0.1) is 0 Å². The predicted molar refractivity (Wildman–Crippen MR) is 76.3 cm³/mol. The summed E-state index contributed by atoms with van der Waals surface area (Å²) in [6.45, 7) is 0.576. The van der Waals surface area contributed by atoms with E-state index < -0.39 is 20.2 Å². The zero-order valence-corrected chi connectivity index (χ0v) is 12.9. The van der Waals surface area contributed by atoms with Crippen molar-refractivity contribution < 1.29 is 26.7 Å². The van der Waals surface area contributed by atoms with Crippen molar-refractivity contribution in [2.24, 2.45) is 5.92 Å². The van der Waals surface area contributed by atoms with Crippen molar-refractivity contribution in [2.45, 2.75) is 35.8 Å². The summed E-state index contributed by atoms with van der Waals surface area (Å²) < 4.78 is 60.0. The molecule has 0 amide bonds. The quantitative estimate of drug-likeness (QED) is 0.917. The van der Waals surface area contributed by atoms with Gasteiger partial charge in [-0.25, -0.2) is 8.42 Å². The molecule has 22 heavy (non-hydrogen) atoms. The summed E-state index contributed by atoms with van der Waals surface area (Å²) >= 11 is 0. The minimum absolute atomic E-state index is 0.128. The summed E-state index contributed by atoms with van der Waals surface area (Å²) in [7, 11) is -3.55. The lowest BCUT2D eigenvalue weighted by atomic mass is 10.1. The van der Waals surface area contributed by atoms with Crippen molar-refractivity contribution in [1.82, 2.24) is 0 Å². The fourth-order valence-electron chi connectivity index (χ4n) is 2.70. The van der Waals surface area contributed by atoms with E-state index in [1.165, 1.54) is 12.1 Å². The number of aliphatic hydroxyl groups is 1. The maximum Gasteiger partial charge on any atom is 0.501 e. The van der Waals surface area contributed by atoms with Crippen LogP contribution in [0.4, 0.5) is 18.9 Å². The van der Waals surface area contributed by atoms with Crippen molar-refractivity contribution in [3.05, 3.63) is 24.3 Å². The standard InChI is InChI=1S/C14H18F3NO3S/c1-18(9-10-3-2-4-13(10)19)11-5-7-12(8-6-11)22(20,21)14(15,16)17/h5-8,10,13,19H,2-4,9H2,1H3/t10-,13+/m0/s1. The van der Waals surface area contributed by atoms with Crippen molar-refractivity contribution in [3.63, 3.8) is 0 Å². The van der Waals surface area contributed by atoms with Crippen LogP contribution in [-0.4, -0.2) is 38.7 Å². The SMILES string of the molecule is CN(C[C@@H]1CCC[C@H]1O)c1ccc(S(=O)(=O)C(F)(F)F)cc1. The van der Waals surface area contributed by atoms with E-state index in [0.717, 1.165) is 31.4 Å². The molecule has 1 aliphatic carbocycles. The van der Waals surface area contributed by atoms with E-state index in [2.05, 4.69) is 0 Å². The van der Waals surface area contributed by atoms with Crippen LogP contribution in [-0.2, 0) is 9.84 Å². The van der Waals surface area contributed by atoms with E-state index in [9.17, 15) is 26.7 Å². The van der Waals surface area contributed by atoms with E-state index in [1.54, 1.807) is 7.05 Å². The Bertz CT molecular complexity index is 613. The van der Waals surface area contributed by atoms with Gasteiger partial charge >= 0.3 is 5.51 Å². The molecule has 0 radical (unpaired) electrons. The first-order valence-electron chi connectivity index (χ1n) is 6.93. The lowest BCUT2D eigenvalue weighted by molar-refractivity contribution is -0.0436. The van der Waals surface area contributed by atoms with E-state index >= 15 is 0 Å². The molecule has 4 nitrogen and oxygen atoms in total. The van der Waals surface area contributed by atoms with Gasteiger partial charge in [0.2, 0.25) is 0 Å². The number of rotatable bonds is 4. The third-order valence-electron chi connectivity index (χ3n) is 4.02. The van der Waals surface area contributed by atoms with Gasteiger partial charge in [0.1, 0.15) is 0 Å². The molecule has 0 heterocycles. The Labute approximate surface area is 127 Å². The first-order chi connectivity index (χ1) is 10.1. The van der Waals surface area contributed by atoms with Gasteiger partial charge in [0.05, 0.1) is 11.0 Å². The Morgan fingerprint density at radius 3 is 2.27 bits per heavy atom. The molecular formula is C14H18F3NO3S. The van der Waals surface area contributed by atoms with E-state index in [-0.39, 0.29) is 12.0 Å². The van der Waals surface area contributed by atoms with Crippen LogP contribution in [0.15, 0.2) is 29.2 Å². The highest BCUT2D eigenvalue weighted by Gasteiger charge is 2.46. The summed E-state index contributed by atoms with van der Waals surface area (Å²) in [6.07, 6.45) is 2.28. The molecule has 1 N–H and O–H groups in total. The first-order valence-corrected chi connectivity index (χ1v) is 8.42. The molecule has 0 bridgehead atoms. The summed E-state index contributed by atoms with van der Waals surface area (Å²) in [6, 6.07) is 4.61. The molecule has 0 unspecified atom stereocenters. The molecule has 0 saturated heterocycles. The minimum Gasteiger partial charge on any atom is -0.393 e. The normalized spacial score (nSPS) is 22.8. The summed E-state index contributed by atoms with van der Waals surface area (Å²) in [5, 5.41) is 9.79. The molecule has 1 saturated carbocycles. The highest BCUT2D eigenvalue weighted by Crippen LogP contribution is 2.32. The molecule has 2 atom stereocenters. The molecule has 1 aliphatic rings. The first kappa shape index (κ1) is 17.1. The third kappa shape index (κ3) is 3.38. The van der Waals surface area contributed by atoms with Gasteiger partial charge in [-0.05, 0) is 37.1 Å². The summed E-state index contributed by atoms with van der Waals surface area (Å²) in [4.78, 5) is 1.04. The van der Waals surface area contributed by atoms with Crippen LogP contribution in [0, 0.1) is 5.92 Å². The van der Waals surface area contributed by atoms with Crippen LogP contribution < -0.4 is 4.90 Å². The van der Waals surface area contributed by atoms with Gasteiger partial charge in [-0.3, -0.25) is 0 Å². The summed E-state index contributed by atoms with van der Waals surface area (Å²) in [5.74, 6) is 0.128. The van der Waals surface area contributed by atoms with Gasteiger partial charge in [0.25, 0.3) is 9.84 Å². The molecule has 1 fully saturated rings. The van der Waals surface area contributed by atoms with Crippen LogP contribution in [0.1, 0.15) is 19.3 Å². The van der Waals surface area contributed by atoms with E-state index in [0.29, 0.717) is 12.2 Å². The Morgan fingerprint density at radius 2 is 1.82 bits per heavy atom. The molecule has 0 aliphatic heterocycles. The fraction of sp³-hybridized carbons (Fsp3) is 0.571. The van der Waals surface area contributed by atoms with Crippen LogP contribution in [0.5, 0.6) is 0 Å². The monoisotopic (exact) mass is 337 g/mol. The molecule has 8 heteroatoms. The maximum absolute atomic E-state index is 12.5. The highest BCUT2D eigenvalue weighted by molar-refractivity contribution is 7.92. The predicted octanol–water partition coefficient (Wildman–Crippen LogP) is 2.58. The lowest BCUT2D eigenvalue weighted by Gasteiger charge is -2.25. The van der Waals surface area contributed by atoms with Gasteiger partial charge in [0, 0.05) is 25.2 Å². The lowest BCUT2D eigenvalue weighted by Crippen LogP contribution is -2.29. The number of benzene rings is 1. The number of hydrogen-bond acceptors (Lipinski definition) is 4. The van der Waals surface area contributed by atoms with Crippen LogP contribution in [0.3, 0.4) is 0 Å². The van der Waals surface area contributed by atoms with Crippen molar-refractivity contribution in [3.8, 4) is 0 Å². The van der Waals surface area contributed by atoms with Crippen molar-refractivity contribution in [1.29, 1.82) is 0 Å². The Morgan fingerprint density at radius 1 is 1.23 bits per heavy atom. The zero-order valence-electron chi connectivity index (χ0n) is 12.0. The molecule has 2 rings (SSSR count). The van der Waals surface area contributed by atoms with Crippen molar-refractivity contribution >= 4 is 15.5 Å². The second-order valence-electron chi connectivity index (χ2n) is 5.58. The van der Waals surface area contributed by atoms with Crippen LogP contribution >= 0.6 is 0 Å². The van der Waals surface area contributed by atoms with E-state index in [1.807, 2.05) is 4.90 Å². The summed E-state index contributed by atoms with van der Waals surface area (Å²) in [5.41, 5.74) is -4.69. The molecule has 1 aromatic carbocycles. The Kier molecular flexibility index (Phi) is 4.72. The van der Waals surface area contributed by atoms with Crippen LogP contribution in [0.2, 0.25) is 0 Å². The molecule has 0 aromatic heterocycles. The van der Waals surface area contributed by atoms with Crippen LogP contribution in [0.25, 0.3) is 0 Å². The van der Waals surface area contributed by atoms with Gasteiger partial charge < -0.3 is 10.0 Å². The maximum atomic E-state index is 12.5. The highest BCUT2D eigenvalue weighted by atomic mass is 32.2. The number of alkyl halides is 3. The number of halogens is 3. The zero-order chi connectivity index (χ0) is 16.5. The number of sulfone groups is 1. The van der Waals surface area contributed by atoms with Gasteiger partial charge in [-0.1, -0.05) is 6.42 Å². The molecule has 1 aromatic rings. The topological polar surface area (TPSA) is 57.6 Å². The average Bonchev–Trinajstić information content (AvgIpc) is 2.83. The Hall–Kier alpha value is -1.28. The second-order valence-corrected chi connectivity index (χ2v) is 7.52.